The summed E-state index contributed by atoms with van der Waals surface area (Å²) in [4.78, 5) is 0. The van der Waals surface area contributed by atoms with Gasteiger partial charge in [0.2, 0.25) is 0 Å². The van der Waals surface area contributed by atoms with Crippen LogP contribution in [0.3, 0.4) is 0 Å². The van der Waals surface area contributed by atoms with Crippen molar-refractivity contribution in [1.82, 2.24) is 0 Å². The van der Waals surface area contributed by atoms with E-state index in [1.165, 1.54) is 49.7 Å². The van der Waals surface area contributed by atoms with E-state index in [0.29, 0.717) is 5.41 Å². The maximum Gasteiger partial charge on any atom is -0.00865 e. The maximum absolute atomic E-state index is 4.34. The number of fused-ring (bicyclic) bond motifs is 1. The molecular weight excluding hydrogens is 180 g/mol. The lowest BCUT2D eigenvalue weighted by Crippen LogP contribution is -2.40. The zero-order valence-electron chi connectivity index (χ0n) is 10.3. The lowest BCUT2D eigenvalue weighted by Gasteiger charge is -2.50. The summed E-state index contributed by atoms with van der Waals surface area (Å²) in [5.41, 5.74) is 3.43. The van der Waals surface area contributed by atoms with Gasteiger partial charge in [0.15, 0.2) is 0 Å². The molecule has 2 aliphatic rings. The Hall–Kier alpha value is -0.520. The third kappa shape index (κ3) is 1.79. The van der Waals surface area contributed by atoms with Crippen molar-refractivity contribution >= 4 is 0 Å². The van der Waals surface area contributed by atoms with Gasteiger partial charge < -0.3 is 0 Å². The summed E-state index contributed by atoms with van der Waals surface area (Å²) < 4.78 is 0. The van der Waals surface area contributed by atoms with Crippen molar-refractivity contribution in [2.45, 2.75) is 52.4 Å². The smallest absolute Gasteiger partial charge is 0.00865 e. The van der Waals surface area contributed by atoms with Crippen LogP contribution in [0.25, 0.3) is 0 Å². The molecule has 0 nitrogen and oxygen atoms in total. The van der Waals surface area contributed by atoms with Gasteiger partial charge in [-0.1, -0.05) is 37.6 Å². The Balaban J connectivity index is 2.30. The van der Waals surface area contributed by atoms with Crippen molar-refractivity contribution in [1.29, 1.82) is 0 Å². The highest BCUT2D eigenvalue weighted by molar-refractivity contribution is 5.19. The van der Waals surface area contributed by atoms with E-state index in [2.05, 4.69) is 27.0 Å². The summed E-state index contributed by atoms with van der Waals surface area (Å²) in [7, 11) is 0. The molecule has 2 fully saturated rings. The van der Waals surface area contributed by atoms with Crippen LogP contribution in [0, 0.1) is 17.3 Å². The van der Waals surface area contributed by atoms with E-state index in [1.807, 2.05) is 0 Å². The third-order valence-electron chi connectivity index (χ3n) is 4.73. The first-order valence-corrected chi connectivity index (χ1v) is 6.38. The molecule has 2 aliphatic carbocycles. The highest BCUT2D eigenvalue weighted by Gasteiger charge is 2.45. The summed E-state index contributed by atoms with van der Waals surface area (Å²) in [6, 6.07) is 0. The second kappa shape index (κ2) is 3.81. The fourth-order valence-corrected chi connectivity index (χ4v) is 4.00. The van der Waals surface area contributed by atoms with Gasteiger partial charge in [-0.05, 0) is 56.3 Å². The van der Waals surface area contributed by atoms with Gasteiger partial charge in [-0.25, -0.2) is 0 Å². The maximum atomic E-state index is 4.34. The van der Waals surface area contributed by atoms with Crippen LogP contribution in [-0.2, 0) is 0 Å². The molecule has 0 radical (unpaired) electrons. The Bertz CT molecular complexity index is 282. The molecule has 2 saturated carbocycles. The van der Waals surface area contributed by atoms with Crippen LogP contribution in [0.15, 0.2) is 24.3 Å². The van der Waals surface area contributed by atoms with Crippen LogP contribution in [0.4, 0.5) is 0 Å². The Kier molecular flexibility index (Phi) is 2.79. The molecule has 0 aliphatic heterocycles. The van der Waals surface area contributed by atoms with Crippen LogP contribution in [-0.4, -0.2) is 0 Å². The van der Waals surface area contributed by atoms with E-state index in [0.717, 1.165) is 11.8 Å². The molecule has 0 amide bonds. The zero-order valence-corrected chi connectivity index (χ0v) is 10.3. The summed E-state index contributed by atoms with van der Waals surface area (Å²) in [6.07, 6.45) is 8.14. The third-order valence-corrected chi connectivity index (χ3v) is 4.73. The predicted octanol–water partition coefficient (Wildman–Crippen LogP) is 4.73. The van der Waals surface area contributed by atoms with Gasteiger partial charge in [0, 0.05) is 0 Å². The minimum atomic E-state index is 0.539. The van der Waals surface area contributed by atoms with Crippen molar-refractivity contribution < 1.29 is 0 Å². The summed E-state index contributed by atoms with van der Waals surface area (Å²) in [5.74, 6) is 1.45. The Morgan fingerprint density at radius 3 is 2.67 bits per heavy atom. The standard InChI is InChI=1S/C15H24/c1-11(2)13-8-6-10-15(4)9-5-7-12(3)14(13)15/h13-14H,1,3,5-10H2,2,4H3. The lowest BCUT2D eigenvalue weighted by molar-refractivity contribution is 0.0692. The average molecular weight is 204 g/mol. The largest absolute Gasteiger partial charge is 0.0998 e. The molecular formula is C15H24. The van der Waals surface area contributed by atoms with Crippen LogP contribution >= 0.6 is 0 Å². The lowest BCUT2D eigenvalue weighted by atomic mass is 9.54. The van der Waals surface area contributed by atoms with Crippen LogP contribution < -0.4 is 0 Å². The van der Waals surface area contributed by atoms with E-state index in [4.69, 9.17) is 0 Å². The minimum absolute atomic E-state index is 0.539. The molecule has 0 N–H and O–H groups in total. The molecule has 0 aromatic heterocycles. The topological polar surface area (TPSA) is 0 Å². The van der Waals surface area contributed by atoms with Crippen molar-refractivity contribution in [3.8, 4) is 0 Å². The summed E-state index contributed by atoms with van der Waals surface area (Å²) in [5, 5.41) is 0. The van der Waals surface area contributed by atoms with Crippen molar-refractivity contribution in [2.75, 3.05) is 0 Å². The molecule has 0 saturated heterocycles. The van der Waals surface area contributed by atoms with Gasteiger partial charge in [0.05, 0.1) is 0 Å². The van der Waals surface area contributed by atoms with Gasteiger partial charge in [0.25, 0.3) is 0 Å². The van der Waals surface area contributed by atoms with E-state index >= 15 is 0 Å². The van der Waals surface area contributed by atoms with Gasteiger partial charge in [-0.2, -0.15) is 0 Å². The van der Waals surface area contributed by atoms with Gasteiger partial charge in [-0.15, -0.1) is 0 Å². The number of rotatable bonds is 1. The molecule has 0 bridgehead atoms. The molecule has 84 valence electrons. The molecule has 0 spiro atoms. The van der Waals surface area contributed by atoms with E-state index in [1.54, 1.807) is 0 Å². The zero-order chi connectivity index (χ0) is 11.1. The average Bonchev–Trinajstić information content (AvgIpc) is 2.16. The Labute approximate surface area is 94.5 Å². The monoisotopic (exact) mass is 204 g/mol. The van der Waals surface area contributed by atoms with E-state index < -0.39 is 0 Å². The first-order chi connectivity index (χ1) is 7.04. The molecule has 0 aromatic carbocycles. The van der Waals surface area contributed by atoms with Gasteiger partial charge >= 0.3 is 0 Å². The predicted molar refractivity (Wildman–Crippen MR) is 66.7 cm³/mol. The second-order valence-electron chi connectivity index (χ2n) is 5.99. The van der Waals surface area contributed by atoms with E-state index in [-0.39, 0.29) is 0 Å². The summed E-state index contributed by atoms with van der Waals surface area (Å²) in [6.45, 7) is 13.2. The molecule has 0 heterocycles. The normalized spacial score (nSPS) is 41.1. The van der Waals surface area contributed by atoms with Gasteiger partial charge in [0.1, 0.15) is 0 Å². The first-order valence-electron chi connectivity index (χ1n) is 6.38. The van der Waals surface area contributed by atoms with Crippen LogP contribution in [0.2, 0.25) is 0 Å². The molecule has 3 atom stereocenters. The van der Waals surface area contributed by atoms with Crippen molar-refractivity contribution in [3.05, 3.63) is 24.3 Å². The highest BCUT2D eigenvalue weighted by atomic mass is 14.5. The number of hydrogen-bond donors (Lipinski definition) is 0. The van der Waals surface area contributed by atoms with Crippen LogP contribution in [0.1, 0.15) is 52.4 Å². The van der Waals surface area contributed by atoms with Crippen molar-refractivity contribution in [3.63, 3.8) is 0 Å². The number of allylic oxidation sites excluding steroid dienone is 2. The minimum Gasteiger partial charge on any atom is -0.0998 e. The highest BCUT2D eigenvalue weighted by Crippen LogP contribution is 2.55. The fraction of sp³-hybridized carbons (Fsp3) is 0.733. The fourth-order valence-electron chi connectivity index (χ4n) is 4.00. The Morgan fingerprint density at radius 1 is 1.33 bits per heavy atom. The molecule has 2 rings (SSSR count). The molecule has 0 heteroatoms. The quantitative estimate of drug-likeness (QED) is 0.542. The van der Waals surface area contributed by atoms with Gasteiger partial charge in [-0.3, -0.25) is 0 Å². The van der Waals surface area contributed by atoms with E-state index in [9.17, 15) is 0 Å². The molecule has 3 unspecified atom stereocenters. The number of hydrogen-bond acceptors (Lipinski definition) is 0. The molecule has 15 heavy (non-hydrogen) atoms. The Morgan fingerprint density at radius 2 is 2.00 bits per heavy atom. The molecule has 0 aromatic rings. The SMILES string of the molecule is C=C(C)C1CCCC2(C)CCCC(=C)C12. The van der Waals surface area contributed by atoms with Crippen LogP contribution in [0.5, 0.6) is 0 Å². The summed E-state index contributed by atoms with van der Waals surface area (Å²) >= 11 is 0. The first kappa shape index (κ1) is 11.0. The second-order valence-corrected chi connectivity index (χ2v) is 5.99. The van der Waals surface area contributed by atoms with Crippen molar-refractivity contribution in [2.24, 2.45) is 17.3 Å².